The molecule has 0 aromatic heterocycles. The zero-order chi connectivity index (χ0) is 15.1. The number of thioether (sulfide) groups is 1. The Hall–Kier alpha value is -1.69. The molecule has 0 fully saturated rings. The van der Waals surface area contributed by atoms with Gasteiger partial charge in [-0.3, -0.25) is 10.2 Å². The summed E-state index contributed by atoms with van der Waals surface area (Å²) in [5.41, 5.74) is 2.53. The van der Waals surface area contributed by atoms with Gasteiger partial charge in [-0.15, -0.1) is 11.8 Å². The van der Waals surface area contributed by atoms with Crippen molar-refractivity contribution in [2.45, 2.75) is 4.90 Å². The second-order valence-electron chi connectivity index (χ2n) is 4.12. The van der Waals surface area contributed by atoms with Crippen molar-refractivity contribution in [2.24, 2.45) is 5.84 Å². The molecule has 21 heavy (non-hydrogen) atoms. The minimum atomic E-state index is -0.368. The standard InChI is InChI=1S/C15H15ClN2O2S/c16-11-4-3-5-12(10-11)21-9-8-20-14-7-2-1-6-13(14)15(19)18-17/h1-7,10H,8-9,17H2,(H,18,19). The van der Waals surface area contributed by atoms with E-state index >= 15 is 0 Å². The van der Waals surface area contributed by atoms with Crippen LogP contribution >= 0.6 is 23.4 Å². The van der Waals surface area contributed by atoms with Crippen LogP contribution in [0, 0.1) is 0 Å². The molecule has 110 valence electrons. The summed E-state index contributed by atoms with van der Waals surface area (Å²) in [6, 6.07) is 14.6. The molecule has 4 nitrogen and oxygen atoms in total. The summed E-state index contributed by atoms with van der Waals surface area (Å²) in [5, 5.41) is 0.714. The number of ether oxygens (including phenoxy) is 1. The summed E-state index contributed by atoms with van der Waals surface area (Å²) in [7, 11) is 0. The van der Waals surface area contributed by atoms with Gasteiger partial charge in [0.15, 0.2) is 0 Å². The average Bonchev–Trinajstić information content (AvgIpc) is 2.51. The van der Waals surface area contributed by atoms with Crippen molar-refractivity contribution in [3.8, 4) is 5.75 Å². The van der Waals surface area contributed by atoms with E-state index in [-0.39, 0.29) is 5.91 Å². The first-order valence-corrected chi connectivity index (χ1v) is 7.68. The first kappa shape index (κ1) is 15.7. The van der Waals surface area contributed by atoms with E-state index in [1.807, 2.05) is 30.3 Å². The molecule has 0 saturated heterocycles. The molecule has 0 aliphatic heterocycles. The monoisotopic (exact) mass is 322 g/mol. The fourth-order valence-electron chi connectivity index (χ4n) is 1.73. The molecule has 0 aliphatic carbocycles. The van der Waals surface area contributed by atoms with Gasteiger partial charge in [0.05, 0.1) is 12.2 Å². The van der Waals surface area contributed by atoms with Crippen molar-refractivity contribution in [3.63, 3.8) is 0 Å². The third kappa shape index (κ3) is 4.67. The first-order valence-electron chi connectivity index (χ1n) is 6.32. The maximum Gasteiger partial charge on any atom is 0.268 e. The Morgan fingerprint density at radius 2 is 2.05 bits per heavy atom. The van der Waals surface area contributed by atoms with Crippen molar-refractivity contribution >= 4 is 29.3 Å². The summed E-state index contributed by atoms with van der Waals surface area (Å²) >= 11 is 7.56. The Balaban J connectivity index is 1.88. The number of carbonyl (C=O) groups is 1. The lowest BCUT2D eigenvalue weighted by Crippen LogP contribution is -2.30. The fourth-order valence-corrected chi connectivity index (χ4v) is 2.77. The lowest BCUT2D eigenvalue weighted by atomic mass is 10.2. The van der Waals surface area contributed by atoms with E-state index in [1.165, 1.54) is 0 Å². The molecule has 0 heterocycles. The quantitative estimate of drug-likeness (QED) is 0.282. The van der Waals surface area contributed by atoms with Crippen LogP contribution in [-0.4, -0.2) is 18.3 Å². The summed E-state index contributed by atoms with van der Waals surface area (Å²) in [4.78, 5) is 12.7. The molecule has 6 heteroatoms. The van der Waals surface area contributed by atoms with E-state index in [1.54, 1.807) is 30.0 Å². The molecule has 3 N–H and O–H groups in total. The van der Waals surface area contributed by atoms with E-state index in [2.05, 4.69) is 5.43 Å². The van der Waals surface area contributed by atoms with E-state index in [4.69, 9.17) is 22.2 Å². The molecule has 2 aromatic carbocycles. The van der Waals surface area contributed by atoms with Crippen molar-refractivity contribution < 1.29 is 9.53 Å². The number of nitrogen functional groups attached to an aromatic ring is 1. The lowest BCUT2D eigenvalue weighted by molar-refractivity contribution is 0.0950. The molecule has 0 aliphatic rings. The Kier molecular flexibility index (Phi) is 5.92. The molecule has 0 bridgehead atoms. The molecular weight excluding hydrogens is 308 g/mol. The van der Waals surface area contributed by atoms with Crippen LogP contribution in [0.25, 0.3) is 0 Å². The van der Waals surface area contributed by atoms with Gasteiger partial charge < -0.3 is 4.74 Å². The second kappa shape index (κ2) is 7.93. The molecule has 1 amide bonds. The predicted octanol–water partition coefficient (Wildman–Crippen LogP) is 3.11. The number of carbonyl (C=O) groups excluding carboxylic acids is 1. The highest BCUT2D eigenvalue weighted by Crippen LogP contribution is 2.22. The Labute approximate surface area is 132 Å². The number of hydrogen-bond acceptors (Lipinski definition) is 4. The third-order valence-corrected chi connectivity index (χ3v) is 3.86. The van der Waals surface area contributed by atoms with Crippen LogP contribution in [0.4, 0.5) is 0 Å². The SMILES string of the molecule is NNC(=O)c1ccccc1OCCSc1cccc(Cl)c1. The Morgan fingerprint density at radius 3 is 2.81 bits per heavy atom. The van der Waals surface area contributed by atoms with Crippen molar-refractivity contribution in [2.75, 3.05) is 12.4 Å². The van der Waals surface area contributed by atoms with Crippen LogP contribution in [0.2, 0.25) is 5.02 Å². The number of amides is 1. The van der Waals surface area contributed by atoms with Crippen LogP contribution in [-0.2, 0) is 0 Å². The first-order chi connectivity index (χ1) is 10.2. The maximum absolute atomic E-state index is 11.6. The van der Waals surface area contributed by atoms with Gasteiger partial charge in [-0.25, -0.2) is 5.84 Å². The van der Waals surface area contributed by atoms with Crippen LogP contribution in [0.15, 0.2) is 53.4 Å². The zero-order valence-electron chi connectivity index (χ0n) is 11.2. The normalized spacial score (nSPS) is 10.2. The lowest BCUT2D eigenvalue weighted by Gasteiger charge is -2.10. The Morgan fingerprint density at radius 1 is 1.24 bits per heavy atom. The molecule has 0 radical (unpaired) electrons. The highest BCUT2D eigenvalue weighted by molar-refractivity contribution is 7.99. The molecule has 0 spiro atoms. The van der Waals surface area contributed by atoms with E-state index in [9.17, 15) is 4.79 Å². The van der Waals surface area contributed by atoms with Gasteiger partial charge in [-0.05, 0) is 30.3 Å². The maximum atomic E-state index is 11.6. The topological polar surface area (TPSA) is 64.3 Å². The third-order valence-electron chi connectivity index (χ3n) is 2.67. The molecule has 0 unspecified atom stereocenters. The van der Waals surface area contributed by atoms with Gasteiger partial charge in [-0.2, -0.15) is 0 Å². The number of nitrogens with two attached hydrogens (primary N) is 1. The van der Waals surface area contributed by atoms with E-state index < -0.39 is 0 Å². The van der Waals surface area contributed by atoms with Gasteiger partial charge in [0, 0.05) is 15.7 Å². The minimum absolute atomic E-state index is 0.368. The van der Waals surface area contributed by atoms with Gasteiger partial charge in [-0.1, -0.05) is 29.8 Å². The van der Waals surface area contributed by atoms with E-state index in [0.29, 0.717) is 22.9 Å². The minimum Gasteiger partial charge on any atom is -0.492 e. The average molecular weight is 323 g/mol. The second-order valence-corrected chi connectivity index (χ2v) is 5.73. The largest absolute Gasteiger partial charge is 0.492 e. The van der Waals surface area contributed by atoms with Crippen LogP contribution < -0.4 is 16.0 Å². The number of halogens is 1. The molecule has 2 rings (SSSR count). The van der Waals surface area contributed by atoms with Crippen molar-refractivity contribution in [1.82, 2.24) is 5.43 Å². The molecule has 0 atom stereocenters. The molecule has 0 saturated carbocycles. The highest BCUT2D eigenvalue weighted by atomic mass is 35.5. The zero-order valence-corrected chi connectivity index (χ0v) is 12.8. The Bertz CT molecular complexity index is 622. The number of rotatable bonds is 6. The summed E-state index contributed by atoms with van der Waals surface area (Å²) in [5.74, 6) is 6.05. The van der Waals surface area contributed by atoms with Gasteiger partial charge in [0.2, 0.25) is 0 Å². The van der Waals surface area contributed by atoms with Crippen molar-refractivity contribution in [3.05, 3.63) is 59.1 Å². The number of benzene rings is 2. The van der Waals surface area contributed by atoms with Crippen molar-refractivity contribution in [1.29, 1.82) is 0 Å². The smallest absolute Gasteiger partial charge is 0.268 e. The number of para-hydroxylation sites is 1. The number of hydrogen-bond donors (Lipinski definition) is 2. The number of nitrogens with one attached hydrogen (secondary N) is 1. The molecule has 2 aromatic rings. The van der Waals surface area contributed by atoms with Crippen LogP contribution in [0.1, 0.15) is 10.4 Å². The summed E-state index contributed by atoms with van der Waals surface area (Å²) in [6.07, 6.45) is 0. The van der Waals surface area contributed by atoms with Crippen LogP contribution in [0.5, 0.6) is 5.75 Å². The predicted molar refractivity (Wildman–Crippen MR) is 85.8 cm³/mol. The highest BCUT2D eigenvalue weighted by Gasteiger charge is 2.10. The number of hydrazine groups is 1. The van der Waals surface area contributed by atoms with Gasteiger partial charge >= 0.3 is 0 Å². The summed E-state index contributed by atoms with van der Waals surface area (Å²) < 4.78 is 5.64. The fraction of sp³-hybridized carbons (Fsp3) is 0.133. The van der Waals surface area contributed by atoms with E-state index in [0.717, 1.165) is 10.6 Å². The summed E-state index contributed by atoms with van der Waals surface area (Å²) in [6.45, 7) is 0.478. The molecular formula is C15H15ClN2O2S. The van der Waals surface area contributed by atoms with Gasteiger partial charge in [0.1, 0.15) is 5.75 Å². The van der Waals surface area contributed by atoms with Crippen LogP contribution in [0.3, 0.4) is 0 Å². The van der Waals surface area contributed by atoms with Gasteiger partial charge in [0.25, 0.3) is 5.91 Å².